The number of likely N-dealkylation sites (N-methyl/N-ethyl adjacent to an activating group) is 1. The second kappa shape index (κ2) is 8.60. The summed E-state index contributed by atoms with van der Waals surface area (Å²) < 4.78 is 17.9. The highest BCUT2D eigenvalue weighted by Crippen LogP contribution is 2.65. The predicted molar refractivity (Wildman–Crippen MR) is 133 cm³/mol. The molecule has 2 aliphatic carbocycles. The summed E-state index contributed by atoms with van der Waals surface area (Å²) in [6.07, 6.45) is 1.96. The standard InChI is InChI=1S/C29H31NO7/c1-3-7-22(32)36-24(17-8-5-4-6-9-17)27(33)35-20-12-13-29(34)21-16-18-10-11-19(31)25-23(18)28(29,26(20)37-25)14-15-30(21)2/h4-6,8-12,21,24,26,31,34H,3,7,13-16H2,1-2H3/t21-,24+,26+,28+,29-/m1/s1. The van der Waals surface area contributed by atoms with Crippen LogP contribution in [0.2, 0.25) is 0 Å². The maximum absolute atomic E-state index is 13.5. The van der Waals surface area contributed by atoms with Crippen LogP contribution in [0.3, 0.4) is 0 Å². The highest BCUT2D eigenvalue weighted by molar-refractivity contribution is 5.82. The second-order valence-corrected chi connectivity index (χ2v) is 10.6. The lowest BCUT2D eigenvalue weighted by atomic mass is 9.50. The number of piperidine rings is 1. The van der Waals surface area contributed by atoms with Gasteiger partial charge in [0.05, 0.1) is 11.0 Å². The molecule has 0 saturated carbocycles. The number of nitrogens with zero attached hydrogens (tertiary/aromatic N) is 1. The summed E-state index contributed by atoms with van der Waals surface area (Å²) in [6, 6.07) is 12.2. The maximum atomic E-state index is 13.5. The van der Waals surface area contributed by atoms with Gasteiger partial charge in [0.1, 0.15) is 5.76 Å². The fraction of sp³-hybridized carbons (Fsp3) is 0.448. The molecular weight excluding hydrogens is 474 g/mol. The quantitative estimate of drug-likeness (QED) is 0.577. The summed E-state index contributed by atoms with van der Waals surface area (Å²) in [6.45, 7) is 2.59. The SMILES string of the molecule is CCCC(=O)O[C@H](C(=O)OC1=CC[C@@]2(O)[C@H]3Cc4ccc(O)c5c4[C@@]2(CCN3C)[C@H]1O5)c1ccccc1. The Kier molecular flexibility index (Phi) is 5.58. The number of rotatable bonds is 6. The van der Waals surface area contributed by atoms with Crippen LogP contribution in [-0.4, -0.2) is 58.4 Å². The van der Waals surface area contributed by atoms with Gasteiger partial charge in [0.25, 0.3) is 0 Å². The van der Waals surface area contributed by atoms with Crippen molar-refractivity contribution in [3.63, 3.8) is 0 Å². The third-order valence-corrected chi connectivity index (χ3v) is 8.59. The molecular formula is C29H31NO7. The van der Waals surface area contributed by atoms with Gasteiger partial charge < -0.3 is 29.3 Å². The normalized spacial score (nSPS) is 30.0. The van der Waals surface area contributed by atoms with Crippen molar-refractivity contribution in [3.8, 4) is 11.5 Å². The number of likely N-dealkylation sites (tertiary alicyclic amines) is 1. The number of hydrogen-bond donors (Lipinski definition) is 2. The highest BCUT2D eigenvalue weighted by atomic mass is 16.6. The summed E-state index contributed by atoms with van der Waals surface area (Å²) in [4.78, 5) is 28.1. The van der Waals surface area contributed by atoms with Gasteiger partial charge in [-0.2, -0.15) is 0 Å². The van der Waals surface area contributed by atoms with Crippen molar-refractivity contribution >= 4 is 11.9 Å². The molecule has 6 rings (SSSR count). The van der Waals surface area contributed by atoms with Gasteiger partial charge in [-0.3, -0.25) is 4.79 Å². The Hall–Kier alpha value is -3.36. The van der Waals surface area contributed by atoms with E-state index in [0.29, 0.717) is 30.6 Å². The lowest BCUT2D eigenvalue weighted by Gasteiger charge is -2.61. The number of ether oxygens (including phenoxy) is 3. The molecule has 37 heavy (non-hydrogen) atoms. The minimum Gasteiger partial charge on any atom is -0.504 e. The first kappa shape index (κ1) is 24.0. The van der Waals surface area contributed by atoms with E-state index in [2.05, 4.69) is 4.90 Å². The number of aromatic hydroxyl groups is 1. The topological polar surface area (TPSA) is 106 Å². The molecule has 2 aromatic rings. The fourth-order valence-electron chi connectivity index (χ4n) is 6.88. The van der Waals surface area contributed by atoms with E-state index in [9.17, 15) is 19.8 Å². The molecule has 8 heteroatoms. The number of esters is 2. The zero-order chi connectivity index (χ0) is 25.9. The van der Waals surface area contributed by atoms with E-state index >= 15 is 0 Å². The molecule has 2 N–H and O–H groups in total. The largest absolute Gasteiger partial charge is 0.504 e. The number of aliphatic hydroxyl groups is 1. The van der Waals surface area contributed by atoms with Crippen LogP contribution in [-0.2, 0) is 30.9 Å². The summed E-state index contributed by atoms with van der Waals surface area (Å²) in [7, 11) is 2.01. The number of hydrogen-bond acceptors (Lipinski definition) is 8. The van der Waals surface area contributed by atoms with Crippen molar-refractivity contribution in [1.29, 1.82) is 0 Å². The van der Waals surface area contributed by atoms with Crippen LogP contribution < -0.4 is 4.74 Å². The average molecular weight is 506 g/mol. The number of carbonyl (C=O) groups is 2. The van der Waals surface area contributed by atoms with Gasteiger partial charge in [-0.05, 0) is 50.6 Å². The Bertz CT molecular complexity index is 1290. The number of carbonyl (C=O) groups excluding carboxylic acids is 2. The molecule has 2 heterocycles. The van der Waals surface area contributed by atoms with Gasteiger partial charge in [0.2, 0.25) is 6.10 Å². The highest BCUT2D eigenvalue weighted by Gasteiger charge is 2.72. The van der Waals surface area contributed by atoms with Gasteiger partial charge in [-0.25, -0.2) is 4.79 Å². The molecule has 2 bridgehead atoms. The van der Waals surface area contributed by atoms with Gasteiger partial charge in [-0.1, -0.05) is 43.3 Å². The van der Waals surface area contributed by atoms with Crippen molar-refractivity contribution < 1.29 is 34.0 Å². The first-order valence-corrected chi connectivity index (χ1v) is 12.9. The van der Waals surface area contributed by atoms with Crippen LogP contribution >= 0.6 is 0 Å². The van der Waals surface area contributed by atoms with Crippen molar-refractivity contribution in [2.45, 2.75) is 68.3 Å². The first-order valence-electron chi connectivity index (χ1n) is 12.9. The van der Waals surface area contributed by atoms with Crippen LogP contribution in [0.5, 0.6) is 11.5 Å². The van der Waals surface area contributed by atoms with Crippen LogP contribution in [0, 0.1) is 0 Å². The lowest BCUT2D eigenvalue weighted by Crippen LogP contribution is -2.74. The van der Waals surface area contributed by atoms with E-state index in [1.165, 1.54) is 0 Å². The Morgan fingerprint density at radius 3 is 2.76 bits per heavy atom. The zero-order valence-electron chi connectivity index (χ0n) is 21.0. The van der Waals surface area contributed by atoms with E-state index in [4.69, 9.17) is 14.2 Å². The predicted octanol–water partition coefficient (Wildman–Crippen LogP) is 3.30. The van der Waals surface area contributed by atoms with Crippen molar-refractivity contribution in [2.24, 2.45) is 0 Å². The van der Waals surface area contributed by atoms with Gasteiger partial charge in [0.15, 0.2) is 17.6 Å². The van der Waals surface area contributed by atoms with E-state index in [1.54, 1.807) is 36.4 Å². The van der Waals surface area contributed by atoms with Gasteiger partial charge in [0, 0.05) is 30.0 Å². The summed E-state index contributed by atoms with van der Waals surface area (Å²) in [5, 5.41) is 22.9. The Morgan fingerprint density at radius 2 is 2.00 bits per heavy atom. The zero-order valence-corrected chi connectivity index (χ0v) is 21.0. The van der Waals surface area contributed by atoms with Crippen LogP contribution in [0.15, 0.2) is 54.3 Å². The first-order chi connectivity index (χ1) is 17.8. The molecule has 4 aliphatic rings. The summed E-state index contributed by atoms with van der Waals surface area (Å²) in [5.41, 5.74) is 0.339. The van der Waals surface area contributed by atoms with Crippen LogP contribution in [0.1, 0.15) is 55.4 Å². The van der Waals surface area contributed by atoms with Crippen molar-refractivity contribution in [1.82, 2.24) is 4.90 Å². The summed E-state index contributed by atoms with van der Waals surface area (Å²) in [5.74, 6) is -0.587. The molecule has 2 aliphatic heterocycles. The minimum absolute atomic E-state index is 0.00332. The van der Waals surface area contributed by atoms with E-state index < -0.39 is 35.2 Å². The van der Waals surface area contributed by atoms with E-state index in [0.717, 1.165) is 17.7 Å². The third-order valence-electron chi connectivity index (χ3n) is 8.59. The number of benzene rings is 2. The molecule has 8 nitrogen and oxygen atoms in total. The third kappa shape index (κ3) is 3.35. The Balaban J connectivity index is 1.38. The lowest BCUT2D eigenvalue weighted by molar-refractivity contribution is -0.176. The monoisotopic (exact) mass is 505 g/mol. The van der Waals surface area contributed by atoms with Crippen molar-refractivity contribution in [3.05, 3.63) is 71.0 Å². The van der Waals surface area contributed by atoms with Gasteiger partial charge >= 0.3 is 11.9 Å². The fourth-order valence-corrected chi connectivity index (χ4v) is 6.88. The van der Waals surface area contributed by atoms with Gasteiger partial charge in [-0.15, -0.1) is 0 Å². The number of phenols is 1. The second-order valence-electron chi connectivity index (χ2n) is 10.6. The number of phenolic OH excluding ortho intramolecular Hbond substituents is 1. The summed E-state index contributed by atoms with van der Waals surface area (Å²) >= 11 is 0. The molecule has 0 unspecified atom stereocenters. The molecule has 5 atom stereocenters. The molecule has 1 fully saturated rings. The van der Waals surface area contributed by atoms with Crippen LogP contribution in [0.4, 0.5) is 0 Å². The average Bonchev–Trinajstić information content (AvgIpc) is 3.25. The molecule has 194 valence electrons. The van der Waals surface area contributed by atoms with Crippen LogP contribution in [0.25, 0.3) is 0 Å². The van der Waals surface area contributed by atoms with E-state index in [1.807, 2.05) is 26.1 Å². The molecule has 0 amide bonds. The molecule has 1 saturated heterocycles. The van der Waals surface area contributed by atoms with E-state index in [-0.39, 0.29) is 30.4 Å². The minimum atomic E-state index is -1.23. The van der Waals surface area contributed by atoms with Crippen molar-refractivity contribution in [2.75, 3.05) is 13.6 Å². The molecule has 1 spiro atoms. The molecule has 2 aromatic carbocycles. The Morgan fingerprint density at radius 1 is 1.22 bits per heavy atom. The molecule has 0 aromatic heterocycles. The smallest absolute Gasteiger partial charge is 0.357 e. The molecule has 0 radical (unpaired) electrons. The Labute approximate surface area is 215 Å². The maximum Gasteiger partial charge on any atom is 0.357 e.